The van der Waals surface area contributed by atoms with Crippen LogP contribution >= 0.6 is 11.6 Å². The quantitative estimate of drug-likeness (QED) is 0.295. The predicted molar refractivity (Wildman–Crippen MR) is 327 cm³/mol. The van der Waals surface area contributed by atoms with Crippen molar-refractivity contribution in [2.75, 3.05) is 61.9 Å². The van der Waals surface area contributed by atoms with Crippen molar-refractivity contribution < 1.29 is 65.9 Å². The zero-order valence-corrected chi connectivity index (χ0v) is 54.4. The van der Waals surface area contributed by atoms with E-state index in [9.17, 15) is 56.3 Å². The van der Waals surface area contributed by atoms with Crippen molar-refractivity contribution in [3.8, 4) is 0 Å². The van der Waals surface area contributed by atoms with Gasteiger partial charge in [-0.15, -0.1) is 0 Å². The van der Waals surface area contributed by atoms with E-state index in [-0.39, 0.29) is 57.4 Å². The van der Waals surface area contributed by atoms with E-state index in [1.807, 2.05) is 6.92 Å². The third-order valence-corrected chi connectivity index (χ3v) is 19.1. The van der Waals surface area contributed by atoms with Gasteiger partial charge in [-0.1, -0.05) is 69.7 Å². The highest BCUT2D eigenvalue weighted by atomic mass is 35.5. The third-order valence-electron chi connectivity index (χ3n) is 18.7. The molecule has 0 bridgehead atoms. The molecule has 9 atom stereocenters. The van der Waals surface area contributed by atoms with E-state index in [0.717, 1.165) is 44.6 Å². The maximum absolute atomic E-state index is 15.2. The SMILES string of the molecule is CC[C@H](C)[C@@H]1NC(=O)[C@H](C)N(C)C(=O)C[C@@H](C)NC(=O)[C@H](C2CCCC2)N(C)C(=O)C2(CCCC2)NC(=O)[C@@H]2CCCN2C(=O)[C@H](CCc2ccc(C(F)(F)F)c(Cl)c2)NC(=O)[C@@H](C)N(C)C(=O)[C@H](Cc2cccnc2)N(C)C(=O)CN(C)C(=O)CN(C)C1=O. The lowest BCUT2D eigenvalue weighted by molar-refractivity contribution is -0.150. The average Bonchev–Trinajstić information content (AvgIpc) is 1.55. The predicted octanol–water partition coefficient (Wildman–Crippen LogP) is 3.73. The normalized spacial score (nSPS) is 26.8. The van der Waals surface area contributed by atoms with Gasteiger partial charge < -0.3 is 55.6 Å². The largest absolute Gasteiger partial charge is 0.417 e. The van der Waals surface area contributed by atoms with Crippen LogP contribution in [0.3, 0.4) is 0 Å². The molecule has 1 aromatic carbocycles. The van der Waals surface area contributed by atoms with E-state index in [4.69, 9.17) is 11.6 Å². The van der Waals surface area contributed by atoms with Gasteiger partial charge >= 0.3 is 6.18 Å². The summed E-state index contributed by atoms with van der Waals surface area (Å²) >= 11 is 6.12. The Bertz CT molecular complexity index is 2970. The summed E-state index contributed by atoms with van der Waals surface area (Å²) in [5, 5.41) is 10.9. The first-order valence-corrected chi connectivity index (χ1v) is 31.5. The molecule has 6 rings (SSSR count). The molecule has 11 amide bonds. The minimum atomic E-state index is -4.76. The standard InChI is InChI=1S/C63H90ClF3N12O11/c1-12-37(2)52-60(89)74(7)35-50(81)73(6)36-51(82)77(10)48(33-42-19-17-29-68-34-42)59(88)76(9)40(5)54(83)70-46(26-24-41-23-25-44(45(64)32-41)63(65,66)67)58(87)79-30-18-22-47(79)56(85)72-62(27-15-16-28-62)61(90)78(11)53(43-20-13-14-21-43)57(86)69-38(3)31-49(80)75(8)39(4)55(84)71-52/h17,19,23,25,29,32,34,37-40,43,46-48,52-53H,12-16,18,20-22,24,26-28,30-31,33,35-36H2,1-11H3,(H,69,86)(H,70,83)(H,71,84)(H,72,85)/t37-,38+,39-,40+,46-,47-,48-,52-,53-/m0/s1. The smallest absolute Gasteiger partial charge is 0.351 e. The van der Waals surface area contributed by atoms with Gasteiger partial charge in [0, 0.05) is 80.1 Å². The highest BCUT2D eigenvalue weighted by Crippen LogP contribution is 2.38. The Morgan fingerprint density at radius 3 is 1.92 bits per heavy atom. The molecule has 0 radical (unpaired) electrons. The number of nitrogens with zero attached hydrogens (tertiary/aromatic N) is 8. The molecule has 496 valence electrons. The Balaban J connectivity index is 1.37. The van der Waals surface area contributed by atoms with Crippen LogP contribution in [-0.4, -0.2) is 220 Å². The van der Waals surface area contributed by atoms with Crippen LogP contribution in [0.1, 0.15) is 135 Å². The zero-order valence-electron chi connectivity index (χ0n) is 53.6. The second-order valence-electron chi connectivity index (χ2n) is 25.1. The van der Waals surface area contributed by atoms with Gasteiger partial charge in [0.05, 0.1) is 23.7 Å². The van der Waals surface area contributed by atoms with Crippen molar-refractivity contribution in [2.45, 2.75) is 191 Å². The molecule has 1 spiro atoms. The third kappa shape index (κ3) is 17.4. The van der Waals surface area contributed by atoms with E-state index in [1.165, 1.54) is 89.3 Å². The molecular weight excluding hydrogens is 1190 g/mol. The second kappa shape index (κ2) is 31.1. The molecule has 4 N–H and O–H groups in total. The van der Waals surface area contributed by atoms with Gasteiger partial charge in [0.15, 0.2) is 0 Å². The van der Waals surface area contributed by atoms with Gasteiger partial charge in [0.2, 0.25) is 65.0 Å². The Kier molecular flexibility index (Phi) is 24.8. The first-order valence-electron chi connectivity index (χ1n) is 31.1. The molecule has 23 nitrogen and oxygen atoms in total. The van der Waals surface area contributed by atoms with E-state index < -0.39 is 155 Å². The van der Waals surface area contributed by atoms with Crippen LogP contribution in [0.15, 0.2) is 42.7 Å². The highest BCUT2D eigenvalue weighted by Gasteiger charge is 2.50. The number of alkyl halides is 3. The Hall–Kier alpha value is -7.38. The van der Waals surface area contributed by atoms with Crippen LogP contribution in [-0.2, 0) is 71.8 Å². The van der Waals surface area contributed by atoms with Crippen LogP contribution < -0.4 is 21.3 Å². The number of rotatable bonds is 8. The average molecular weight is 1280 g/mol. The van der Waals surface area contributed by atoms with Crippen molar-refractivity contribution in [3.05, 3.63) is 64.4 Å². The molecule has 3 heterocycles. The van der Waals surface area contributed by atoms with E-state index >= 15 is 9.59 Å². The molecule has 0 unspecified atom stereocenters. The minimum Gasteiger partial charge on any atom is -0.351 e. The van der Waals surface area contributed by atoms with Gasteiger partial charge in [-0.25, -0.2) is 0 Å². The van der Waals surface area contributed by atoms with Crippen LogP contribution in [0.4, 0.5) is 13.2 Å². The number of fused-ring (bicyclic) bond motifs is 1. The monoisotopic (exact) mass is 1280 g/mol. The molecule has 2 aromatic rings. The fourth-order valence-corrected chi connectivity index (χ4v) is 12.8. The Morgan fingerprint density at radius 2 is 1.31 bits per heavy atom. The van der Waals surface area contributed by atoms with E-state index in [0.29, 0.717) is 49.7 Å². The maximum Gasteiger partial charge on any atom is 0.417 e. The number of pyridine rings is 1. The number of benzene rings is 1. The number of likely N-dealkylation sites (N-methyl/N-ethyl adjacent to an activating group) is 6. The van der Waals surface area contributed by atoms with Crippen molar-refractivity contribution in [3.63, 3.8) is 0 Å². The summed E-state index contributed by atoms with van der Waals surface area (Å²) in [5.74, 6) is -7.88. The van der Waals surface area contributed by atoms with Gasteiger partial charge in [0.25, 0.3) is 0 Å². The van der Waals surface area contributed by atoms with Crippen LogP contribution in [0, 0.1) is 11.8 Å². The molecule has 1 aromatic heterocycles. The Labute approximate surface area is 530 Å². The van der Waals surface area contributed by atoms with Gasteiger partial charge in [-0.2, -0.15) is 13.2 Å². The number of hydrogen-bond acceptors (Lipinski definition) is 12. The molecule has 2 aliphatic heterocycles. The number of halogens is 4. The van der Waals surface area contributed by atoms with Crippen molar-refractivity contribution in [2.24, 2.45) is 11.8 Å². The maximum atomic E-state index is 15.2. The van der Waals surface area contributed by atoms with E-state index in [2.05, 4.69) is 26.3 Å². The van der Waals surface area contributed by atoms with E-state index in [1.54, 1.807) is 26.0 Å². The summed E-state index contributed by atoms with van der Waals surface area (Å²) in [4.78, 5) is 172. The van der Waals surface area contributed by atoms with Crippen molar-refractivity contribution in [1.29, 1.82) is 0 Å². The van der Waals surface area contributed by atoms with Crippen molar-refractivity contribution >= 4 is 76.6 Å². The summed E-state index contributed by atoms with van der Waals surface area (Å²) in [5.41, 5.74) is -1.75. The molecule has 27 heteroatoms. The molecular formula is C63H90ClF3N12O11. The number of amides is 11. The summed E-state index contributed by atoms with van der Waals surface area (Å²) in [6.07, 6.45) is 2.91. The molecule has 4 fully saturated rings. The lowest BCUT2D eigenvalue weighted by atomic mass is 9.90. The molecule has 90 heavy (non-hydrogen) atoms. The number of nitrogens with one attached hydrogen (secondary N) is 4. The van der Waals surface area contributed by atoms with Crippen LogP contribution in [0.5, 0.6) is 0 Å². The van der Waals surface area contributed by atoms with Crippen LogP contribution in [0.25, 0.3) is 0 Å². The number of hydrogen-bond donors (Lipinski definition) is 4. The zero-order chi connectivity index (χ0) is 66.7. The minimum absolute atomic E-state index is 0.0431. The highest BCUT2D eigenvalue weighted by molar-refractivity contribution is 6.31. The van der Waals surface area contributed by atoms with Gasteiger partial charge in [0.1, 0.15) is 47.8 Å². The summed E-state index contributed by atoms with van der Waals surface area (Å²) < 4.78 is 41.4. The number of aryl methyl sites for hydroxylation is 1. The first kappa shape index (κ1) is 71.7. The molecule has 4 aliphatic rings. The second-order valence-corrected chi connectivity index (χ2v) is 25.5. The molecule has 2 aliphatic carbocycles. The Morgan fingerprint density at radius 1 is 0.678 bits per heavy atom. The topological polar surface area (TPSA) is 271 Å². The van der Waals surface area contributed by atoms with Gasteiger partial charge in [-0.05, 0) is 113 Å². The number of aromatic nitrogens is 1. The summed E-state index contributed by atoms with van der Waals surface area (Å²) in [6, 6.07) is -2.89. The molecule has 2 saturated heterocycles. The first-order chi connectivity index (χ1) is 42.3. The summed E-state index contributed by atoms with van der Waals surface area (Å²) in [7, 11) is 8.34. The number of carbonyl (C=O) groups excluding carboxylic acids is 11. The van der Waals surface area contributed by atoms with Crippen LogP contribution in [0.2, 0.25) is 5.02 Å². The van der Waals surface area contributed by atoms with Crippen molar-refractivity contribution in [1.82, 2.24) is 60.6 Å². The number of carbonyl (C=O) groups is 11. The fraction of sp³-hybridized carbons (Fsp3) is 0.651. The lowest BCUT2D eigenvalue weighted by Gasteiger charge is -2.40. The summed E-state index contributed by atoms with van der Waals surface area (Å²) in [6.45, 7) is 7.02. The lowest BCUT2D eigenvalue weighted by Crippen LogP contribution is -2.64. The molecule has 2 saturated carbocycles. The fourth-order valence-electron chi connectivity index (χ4n) is 12.5. The van der Waals surface area contributed by atoms with Gasteiger partial charge in [-0.3, -0.25) is 57.7 Å².